The van der Waals surface area contributed by atoms with Crippen LogP contribution in [0.3, 0.4) is 0 Å². The van der Waals surface area contributed by atoms with Crippen LogP contribution in [-0.2, 0) is 4.79 Å². The molecule has 0 unspecified atom stereocenters. The van der Waals surface area contributed by atoms with Crippen LogP contribution in [0.2, 0.25) is 0 Å². The lowest BCUT2D eigenvalue weighted by Crippen LogP contribution is -2.51. The van der Waals surface area contributed by atoms with Crippen molar-refractivity contribution in [2.45, 2.75) is 38.5 Å². The summed E-state index contributed by atoms with van der Waals surface area (Å²) in [6, 6.07) is 7.32. The predicted octanol–water partition coefficient (Wildman–Crippen LogP) is 3.13. The number of nitrogens with zero attached hydrogens (tertiary/aromatic N) is 1. The standard InChI is InChI=1S/C22H31N3O2/c1-25(2)7-6-23-20(26)18-4-3-5-19(11-18)24-21(27)22-12-15-8-16(13-22)10-17(9-15)14-22/h3-5,11,15-17H,6-10,12-14H2,1-2H3,(H,23,26)(H,24,27). The van der Waals surface area contributed by atoms with Crippen molar-refractivity contribution in [2.75, 3.05) is 32.5 Å². The number of anilines is 1. The van der Waals surface area contributed by atoms with Crippen molar-refractivity contribution in [1.82, 2.24) is 10.2 Å². The Balaban J connectivity index is 1.41. The molecule has 0 aliphatic heterocycles. The summed E-state index contributed by atoms with van der Waals surface area (Å²) in [5.74, 6) is 2.32. The van der Waals surface area contributed by atoms with E-state index in [0.717, 1.165) is 49.2 Å². The second kappa shape index (κ2) is 7.27. The van der Waals surface area contributed by atoms with Gasteiger partial charge in [-0.15, -0.1) is 0 Å². The first-order valence-electron chi connectivity index (χ1n) is 10.3. The molecule has 0 aromatic heterocycles. The fourth-order valence-electron chi connectivity index (χ4n) is 5.89. The van der Waals surface area contributed by atoms with E-state index in [9.17, 15) is 9.59 Å². The summed E-state index contributed by atoms with van der Waals surface area (Å²) < 4.78 is 0. The van der Waals surface area contributed by atoms with E-state index in [1.807, 2.05) is 31.1 Å². The molecule has 4 fully saturated rings. The third kappa shape index (κ3) is 3.88. The van der Waals surface area contributed by atoms with Gasteiger partial charge in [-0.3, -0.25) is 9.59 Å². The fourth-order valence-corrected chi connectivity index (χ4v) is 5.89. The molecule has 4 aliphatic rings. The number of amides is 2. The Morgan fingerprint density at radius 3 is 2.30 bits per heavy atom. The zero-order chi connectivity index (χ0) is 19.0. The molecule has 146 valence electrons. The fraction of sp³-hybridized carbons (Fsp3) is 0.636. The molecule has 2 N–H and O–H groups in total. The Morgan fingerprint density at radius 1 is 1.07 bits per heavy atom. The van der Waals surface area contributed by atoms with Crippen molar-refractivity contribution in [1.29, 1.82) is 0 Å². The van der Waals surface area contributed by atoms with E-state index in [-0.39, 0.29) is 17.2 Å². The molecule has 5 rings (SSSR count). The second-order valence-electron chi connectivity index (χ2n) is 9.29. The van der Waals surface area contributed by atoms with Gasteiger partial charge in [-0.25, -0.2) is 0 Å². The van der Waals surface area contributed by atoms with Crippen LogP contribution in [0.15, 0.2) is 24.3 Å². The zero-order valence-corrected chi connectivity index (χ0v) is 16.5. The molecule has 0 atom stereocenters. The van der Waals surface area contributed by atoms with Gasteiger partial charge in [0, 0.05) is 24.3 Å². The zero-order valence-electron chi connectivity index (χ0n) is 16.5. The number of benzene rings is 1. The molecule has 1 aromatic rings. The Hall–Kier alpha value is -1.88. The molecule has 4 aliphatic carbocycles. The maximum Gasteiger partial charge on any atom is 0.251 e. The number of hydrogen-bond donors (Lipinski definition) is 2. The molecule has 5 nitrogen and oxygen atoms in total. The number of likely N-dealkylation sites (N-methyl/N-ethyl adjacent to an activating group) is 1. The van der Waals surface area contributed by atoms with E-state index in [4.69, 9.17) is 0 Å². The Bertz CT molecular complexity index is 693. The summed E-state index contributed by atoms with van der Waals surface area (Å²) in [6.07, 6.45) is 7.14. The number of nitrogens with one attached hydrogen (secondary N) is 2. The van der Waals surface area contributed by atoms with Gasteiger partial charge in [-0.05, 0) is 88.6 Å². The van der Waals surface area contributed by atoms with E-state index in [2.05, 4.69) is 10.6 Å². The summed E-state index contributed by atoms with van der Waals surface area (Å²) >= 11 is 0. The largest absolute Gasteiger partial charge is 0.351 e. The highest BCUT2D eigenvalue weighted by Crippen LogP contribution is 2.60. The molecule has 1 aromatic carbocycles. The first-order chi connectivity index (χ1) is 12.9. The third-order valence-corrected chi connectivity index (χ3v) is 6.75. The van der Waals surface area contributed by atoms with Crippen LogP contribution in [0, 0.1) is 23.2 Å². The average molecular weight is 370 g/mol. The summed E-state index contributed by atoms with van der Waals surface area (Å²) in [5.41, 5.74) is 1.16. The van der Waals surface area contributed by atoms with E-state index >= 15 is 0 Å². The normalized spacial score (nSPS) is 31.1. The highest BCUT2D eigenvalue weighted by atomic mass is 16.2. The van der Waals surface area contributed by atoms with Crippen molar-refractivity contribution < 1.29 is 9.59 Å². The van der Waals surface area contributed by atoms with Gasteiger partial charge in [0.2, 0.25) is 5.91 Å². The van der Waals surface area contributed by atoms with E-state index in [1.165, 1.54) is 19.3 Å². The minimum Gasteiger partial charge on any atom is -0.351 e. The molecular weight excluding hydrogens is 338 g/mol. The van der Waals surface area contributed by atoms with E-state index < -0.39 is 0 Å². The van der Waals surface area contributed by atoms with Crippen LogP contribution in [0.1, 0.15) is 48.9 Å². The minimum absolute atomic E-state index is 0.0947. The van der Waals surface area contributed by atoms with Crippen molar-refractivity contribution in [3.8, 4) is 0 Å². The Morgan fingerprint density at radius 2 is 1.70 bits per heavy atom. The molecule has 27 heavy (non-hydrogen) atoms. The van der Waals surface area contributed by atoms with Gasteiger partial charge in [0.1, 0.15) is 0 Å². The highest BCUT2D eigenvalue weighted by Gasteiger charge is 2.54. The molecular formula is C22H31N3O2. The van der Waals surface area contributed by atoms with Gasteiger partial charge in [0.15, 0.2) is 0 Å². The summed E-state index contributed by atoms with van der Waals surface area (Å²) in [7, 11) is 3.96. The van der Waals surface area contributed by atoms with Gasteiger partial charge >= 0.3 is 0 Å². The summed E-state index contributed by atoms with van der Waals surface area (Å²) in [4.78, 5) is 27.6. The first kappa shape index (κ1) is 18.5. The van der Waals surface area contributed by atoms with Gasteiger partial charge in [0.25, 0.3) is 5.91 Å². The number of hydrogen-bond acceptors (Lipinski definition) is 3. The van der Waals surface area contributed by atoms with Crippen molar-refractivity contribution in [3.63, 3.8) is 0 Å². The number of carbonyl (C=O) groups excluding carboxylic acids is 2. The lowest BCUT2D eigenvalue weighted by atomic mass is 9.49. The quantitative estimate of drug-likeness (QED) is 0.810. The molecule has 4 saturated carbocycles. The van der Waals surface area contributed by atoms with Crippen LogP contribution in [-0.4, -0.2) is 43.9 Å². The third-order valence-electron chi connectivity index (χ3n) is 6.75. The van der Waals surface area contributed by atoms with Crippen molar-refractivity contribution in [2.24, 2.45) is 23.2 Å². The van der Waals surface area contributed by atoms with Crippen LogP contribution in [0.5, 0.6) is 0 Å². The van der Waals surface area contributed by atoms with Gasteiger partial charge < -0.3 is 15.5 Å². The van der Waals surface area contributed by atoms with Crippen LogP contribution < -0.4 is 10.6 Å². The molecule has 5 heteroatoms. The minimum atomic E-state index is -0.168. The Kier molecular flexibility index (Phi) is 4.97. The maximum absolute atomic E-state index is 13.2. The van der Waals surface area contributed by atoms with Gasteiger partial charge in [-0.1, -0.05) is 6.07 Å². The van der Waals surface area contributed by atoms with E-state index in [0.29, 0.717) is 12.1 Å². The molecule has 0 spiro atoms. The lowest BCUT2D eigenvalue weighted by molar-refractivity contribution is -0.140. The molecule has 0 saturated heterocycles. The summed E-state index contributed by atoms with van der Waals surface area (Å²) in [5, 5.41) is 6.07. The average Bonchev–Trinajstić information content (AvgIpc) is 2.60. The van der Waals surface area contributed by atoms with Crippen LogP contribution >= 0.6 is 0 Å². The summed E-state index contributed by atoms with van der Waals surface area (Å²) in [6.45, 7) is 1.41. The highest BCUT2D eigenvalue weighted by molar-refractivity contribution is 5.99. The molecule has 2 amide bonds. The first-order valence-corrected chi connectivity index (χ1v) is 10.3. The maximum atomic E-state index is 13.2. The number of rotatable bonds is 6. The van der Waals surface area contributed by atoms with E-state index in [1.54, 1.807) is 12.1 Å². The lowest BCUT2D eigenvalue weighted by Gasteiger charge is -2.55. The Labute approximate surface area is 161 Å². The van der Waals surface area contributed by atoms with Crippen molar-refractivity contribution in [3.05, 3.63) is 29.8 Å². The number of carbonyl (C=O) groups is 2. The van der Waals surface area contributed by atoms with Crippen LogP contribution in [0.25, 0.3) is 0 Å². The molecule has 0 radical (unpaired) electrons. The smallest absolute Gasteiger partial charge is 0.251 e. The SMILES string of the molecule is CN(C)CCNC(=O)c1cccc(NC(=O)C23CC4CC(CC(C4)C2)C3)c1. The second-order valence-corrected chi connectivity index (χ2v) is 9.29. The van der Waals surface area contributed by atoms with Gasteiger partial charge in [0.05, 0.1) is 5.41 Å². The van der Waals surface area contributed by atoms with Crippen LogP contribution in [0.4, 0.5) is 5.69 Å². The monoisotopic (exact) mass is 369 g/mol. The molecule has 0 heterocycles. The van der Waals surface area contributed by atoms with Crippen molar-refractivity contribution >= 4 is 17.5 Å². The molecule has 4 bridgehead atoms. The topological polar surface area (TPSA) is 61.4 Å². The van der Waals surface area contributed by atoms with Gasteiger partial charge in [-0.2, -0.15) is 0 Å². The predicted molar refractivity (Wildman–Crippen MR) is 107 cm³/mol.